The lowest BCUT2D eigenvalue weighted by Gasteiger charge is -2.46. The van der Waals surface area contributed by atoms with Gasteiger partial charge in [0.05, 0.1) is 0 Å². The molecule has 16 heavy (non-hydrogen) atoms. The van der Waals surface area contributed by atoms with Gasteiger partial charge in [0.1, 0.15) is 0 Å². The fourth-order valence-electron chi connectivity index (χ4n) is 1.05. The van der Waals surface area contributed by atoms with Gasteiger partial charge in [0, 0.05) is 6.42 Å². The monoisotopic (exact) mass is 259 g/mol. The fraction of sp³-hybridized carbons (Fsp3) is 1.00. The predicted molar refractivity (Wildman–Crippen MR) is 33.0 cm³/mol. The molecule has 0 aromatic rings. The van der Waals surface area contributed by atoms with E-state index in [9.17, 15) is 35.2 Å². The maximum atomic E-state index is 13.1. The van der Waals surface area contributed by atoms with Crippen LogP contribution in [-0.4, -0.2) is 29.2 Å². The Morgan fingerprint density at radius 1 is 0.938 bits per heavy atom. The highest BCUT2D eigenvalue weighted by Crippen LogP contribution is 2.56. The van der Waals surface area contributed by atoms with E-state index < -0.39 is 35.6 Å². The molecule has 1 heterocycles. The first-order chi connectivity index (χ1) is 6.92. The molecule has 1 aliphatic heterocycles. The van der Waals surface area contributed by atoms with Gasteiger partial charge in [0.2, 0.25) is 0 Å². The maximum absolute atomic E-state index is 13.1. The van der Waals surface area contributed by atoms with E-state index in [1.54, 1.807) is 0 Å². The molecule has 1 rings (SSSR count). The van der Waals surface area contributed by atoms with Crippen molar-refractivity contribution in [3.8, 4) is 0 Å². The summed E-state index contributed by atoms with van der Waals surface area (Å²) < 4.78 is 103. The number of ether oxygens (including phenoxy) is 1. The van der Waals surface area contributed by atoms with E-state index in [-0.39, 0.29) is 0 Å². The average Bonchev–Trinajstić information content (AvgIpc) is 2.13. The van der Waals surface area contributed by atoms with Crippen LogP contribution in [0.3, 0.4) is 0 Å². The minimum Gasteiger partial charge on any atom is -0.269 e. The smallest absolute Gasteiger partial charge is 0.269 e. The highest BCUT2D eigenvalue weighted by molar-refractivity contribution is 4.94. The second-order valence-electron chi connectivity index (χ2n) is 3.06. The Balaban J connectivity index is 3.27. The molecular formula is C6H5F8NO. The summed E-state index contributed by atoms with van der Waals surface area (Å²) in [7, 11) is 0. The van der Waals surface area contributed by atoms with E-state index in [0.29, 0.717) is 6.92 Å². The molecule has 96 valence electrons. The molecule has 0 radical (unpaired) electrons. The van der Waals surface area contributed by atoms with Crippen LogP contribution in [-0.2, 0) is 4.74 Å². The van der Waals surface area contributed by atoms with Crippen LogP contribution in [0.25, 0.3) is 0 Å². The summed E-state index contributed by atoms with van der Waals surface area (Å²) >= 11 is 0. The second kappa shape index (κ2) is 3.19. The van der Waals surface area contributed by atoms with Crippen LogP contribution in [0.1, 0.15) is 13.3 Å². The van der Waals surface area contributed by atoms with Crippen molar-refractivity contribution in [2.45, 2.75) is 37.4 Å². The van der Waals surface area contributed by atoms with Crippen LogP contribution in [0, 0.1) is 0 Å². The zero-order chi connectivity index (χ0) is 13.0. The molecule has 1 unspecified atom stereocenters. The highest BCUT2D eigenvalue weighted by atomic mass is 19.4. The van der Waals surface area contributed by atoms with Crippen molar-refractivity contribution < 1.29 is 40.0 Å². The van der Waals surface area contributed by atoms with Crippen molar-refractivity contribution in [2.75, 3.05) is 0 Å². The standard InChI is InChI=1S/C6H5F8NO/c1-2-3(7)4(8,9)15(14)5(10,11)6(12,13)16-3/h2H2,1H3. The maximum Gasteiger partial charge on any atom is 0.440 e. The van der Waals surface area contributed by atoms with Crippen molar-refractivity contribution in [3.05, 3.63) is 0 Å². The quantitative estimate of drug-likeness (QED) is 0.407. The Morgan fingerprint density at radius 2 is 1.38 bits per heavy atom. The molecule has 10 heteroatoms. The summed E-state index contributed by atoms with van der Waals surface area (Å²) in [6.45, 7) is 0.612. The normalized spacial score (nSPS) is 37.3. The Bertz CT molecular complexity index is 291. The van der Waals surface area contributed by atoms with E-state index in [1.165, 1.54) is 0 Å². The minimum absolute atomic E-state index is 0.612. The number of hydrogen-bond donors (Lipinski definition) is 0. The van der Waals surface area contributed by atoms with Gasteiger partial charge >= 0.3 is 18.2 Å². The number of rotatable bonds is 1. The first-order valence-corrected chi connectivity index (χ1v) is 3.91. The SMILES string of the molecule is CCC1(F)OC(F)(F)C(F)(F)N(F)C1(F)F. The second-order valence-corrected chi connectivity index (χ2v) is 3.06. The zero-order valence-corrected chi connectivity index (χ0v) is 7.59. The van der Waals surface area contributed by atoms with Crippen molar-refractivity contribution in [1.82, 2.24) is 5.12 Å². The molecule has 0 bridgehead atoms. The largest absolute Gasteiger partial charge is 0.440 e. The third-order valence-corrected chi connectivity index (χ3v) is 2.04. The van der Waals surface area contributed by atoms with E-state index in [2.05, 4.69) is 4.74 Å². The van der Waals surface area contributed by atoms with Crippen molar-refractivity contribution in [2.24, 2.45) is 0 Å². The van der Waals surface area contributed by atoms with Gasteiger partial charge in [-0.05, 0) is 5.12 Å². The first-order valence-electron chi connectivity index (χ1n) is 3.91. The summed E-state index contributed by atoms with van der Waals surface area (Å²) in [5.41, 5.74) is 0. The third-order valence-electron chi connectivity index (χ3n) is 2.04. The number of halogens is 8. The molecule has 1 saturated heterocycles. The summed E-state index contributed by atoms with van der Waals surface area (Å²) in [5.74, 6) is -4.53. The Labute approximate surface area is 83.7 Å². The molecule has 2 nitrogen and oxygen atoms in total. The van der Waals surface area contributed by atoms with Crippen molar-refractivity contribution >= 4 is 0 Å². The van der Waals surface area contributed by atoms with Crippen LogP contribution < -0.4 is 0 Å². The highest BCUT2D eigenvalue weighted by Gasteiger charge is 2.82. The topological polar surface area (TPSA) is 12.5 Å². The van der Waals surface area contributed by atoms with Crippen LogP contribution in [0.4, 0.5) is 35.2 Å². The fourth-order valence-corrected chi connectivity index (χ4v) is 1.05. The van der Waals surface area contributed by atoms with Crippen LogP contribution >= 0.6 is 0 Å². The molecule has 0 saturated carbocycles. The van der Waals surface area contributed by atoms with E-state index >= 15 is 0 Å². The minimum atomic E-state index is -5.96. The molecule has 1 fully saturated rings. The van der Waals surface area contributed by atoms with Gasteiger partial charge in [-0.3, -0.25) is 4.74 Å². The summed E-state index contributed by atoms with van der Waals surface area (Å²) in [5, 5.41) is -2.81. The average molecular weight is 259 g/mol. The Morgan fingerprint density at radius 3 is 1.75 bits per heavy atom. The first kappa shape index (κ1) is 13.4. The lowest BCUT2D eigenvalue weighted by Crippen LogP contribution is -2.72. The van der Waals surface area contributed by atoms with Gasteiger partial charge in [-0.15, -0.1) is 4.48 Å². The summed E-state index contributed by atoms with van der Waals surface area (Å²) in [4.78, 5) is 0. The summed E-state index contributed by atoms with van der Waals surface area (Å²) in [6, 6.07) is -11.5. The van der Waals surface area contributed by atoms with Crippen LogP contribution in [0.2, 0.25) is 0 Å². The van der Waals surface area contributed by atoms with Crippen molar-refractivity contribution in [3.63, 3.8) is 0 Å². The van der Waals surface area contributed by atoms with Crippen LogP contribution in [0.5, 0.6) is 0 Å². The van der Waals surface area contributed by atoms with Gasteiger partial charge in [-0.2, -0.15) is 26.3 Å². The molecule has 0 aromatic carbocycles. The Hall–Kier alpha value is -0.640. The van der Waals surface area contributed by atoms with Gasteiger partial charge < -0.3 is 0 Å². The van der Waals surface area contributed by atoms with Gasteiger partial charge in [0.15, 0.2) is 0 Å². The number of hydrogen-bond acceptors (Lipinski definition) is 2. The molecule has 0 amide bonds. The number of alkyl halides is 7. The summed E-state index contributed by atoms with van der Waals surface area (Å²) in [6.07, 6.45) is -7.14. The van der Waals surface area contributed by atoms with Gasteiger partial charge in [-0.25, -0.2) is 4.39 Å². The molecule has 0 aliphatic carbocycles. The van der Waals surface area contributed by atoms with Crippen LogP contribution in [0.15, 0.2) is 0 Å². The Kier molecular flexibility index (Phi) is 2.67. The molecule has 0 aromatic heterocycles. The lowest BCUT2D eigenvalue weighted by molar-refractivity contribution is -0.565. The van der Waals surface area contributed by atoms with E-state index in [4.69, 9.17) is 0 Å². The van der Waals surface area contributed by atoms with Gasteiger partial charge in [0.25, 0.3) is 5.85 Å². The molecule has 1 aliphatic rings. The lowest BCUT2D eigenvalue weighted by atomic mass is 10.1. The zero-order valence-electron chi connectivity index (χ0n) is 7.59. The van der Waals surface area contributed by atoms with Crippen molar-refractivity contribution in [1.29, 1.82) is 0 Å². The molecular weight excluding hydrogens is 254 g/mol. The third kappa shape index (κ3) is 1.39. The van der Waals surface area contributed by atoms with E-state index in [1.807, 2.05) is 0 Å². The molecule has 0 N–H and O–H groups in total. The number of nitrogens with zero attached hydrogens (tertiary/aromatic N) is 1. The molecule has 0 spiro atoms. The predicted octanol–water partition coefficient (Wildman–Crippen LogP) is 3.06. The van der Waals surface area contributed by atoms with E-state index in [0.717, 1.165) is 0 Å². The van der Waals surface area contributed by atoms with Gasteiger partial charge in [-0.1, -0.05) is 6.92 Å². The molecule has 1 atom stereocenters. The number of morpholine rings is 1.